The van der Waals surface area contributed by atoms with Gasteiger partial charge in [0.05, 0.1) is 6.04 Å². The Bertz CT molecular complexity index is 549. The quantitative estimate of drug-likeness (QED) is 0.791. The molecule has 2 N–H and O–H groups in total. The first kappa shape index (κ1) is 19.4. The molecule has 1 aromatic heterocycles. The zero-order chi connectivity index (χ0) is 18.1. The molecule has 140 valence electrons. The number of aromatic nitrogens is 3. The molecule has 1 fully saturated rings. The molecular formula is C18H31N5O2. The van der Waals surface area contributed by atoms with E-state index in [1.54, 1.807) is 11.7 Å². The first-order chi connectivity index (χ1) is 12.1. The second-order valence-electron chi connectivity index (χ2n) is 6.88. The molecule has 1 saturated carbocycles. The summed E-state index contributed by atoms with van der Waals surface area (Å²) in [5, 5.41) is 10.1. The molecular weight excluding hydrogens is 318 g/mol. The standard InChI is InChI=1S/C18H31N5O2/c1-3-15(18-19-13-20-23(18)2)22-17(25)12-11-16(24)21-14-9-7-5-4-6-8-10-14/h13-15H,3-12H2,1-2H3,(H,21,24)(H,22,25)/t15-/m0/s1. The maximum Gasteiger partial charge on any atom is 0.221 e. The minimum absolute atomic E-state index is 0.0209. The molecule has 2 amide bonds. The molecule has 25 heavy (non-hydrogen) atoms. The van der Waals surface area contributed by atoms with Crippen LogP contribution in [0.25, 0.3) is 0 Å². The summed E-state index contributed by atoms with van der Waals surface area (Å²) in [4.78, 5) is 28.5. The Labute approximate surface area is 150 Å². The average Bonchev–Trinajstić information content (AvgIpc) is 2.99. The number of hydrogen-bond acceptors (Lipinski definition) is 4. The number of rotatable bonds is 7. The van der Waals surface area contributed by atoms with Gasteiger partial charge in [-0.3, -0.25) is 14.3 Å². The van der Waals surface area contributed by atoms with Crippen LogP contribution in [-0.4, -0.2) is 32.6 Å². The minimum Gasteiger partial charge on any atom is -0.353 e. The summed E-state index contributed by atoms with van der Waals surface area (Å²) in [6.45, 7) is 1.99. The van der Waals surface area contributed by atoms with E-state index in [1.807, 2.05) is 6.92 Å². The first-order valence-corrected chi connectivity index (χ1v) is 9.52. The van der Waals surface area contributed by atoms with Crippen LogP contribution in [0.2, 0.25) is 0 Å². The van der Waals surface area contributed by atoms with E-state index in [1.165, 1.54) is 38.4 Å². The Morgan fingerprint density at radius 2 is 1.80 bits per heavy atom. The fourth-order valence-electron chi connectivity index (χ4n) is 3.36. The van der Waals surface area contributed by atoms with E-state index in [0.29, 0.717) is 0 Å². The second kappa shape index (κ2) is 10.2. The van der Waals surface area contributed by atoms with Gasteiger partial charge in [0.25, 0.3) is 0 Å². The van der Waals surface area contributed by atoms with Crippen molar-refractivity contribution in [1.82, 2.24) is 25.4 Å². The highest BCUT2D eigenvalue weighted by molar-refractivity contribution is 5.84. The topological polar surface area (TPSA) is 88.9 Å². The van der Waals surface area contributed by atoms with Crippen molar-refractivity contribution >= 4 is 11.8 Å². The number of nitrogens with one attached hydrogen (secondary N) is 2. The van der Waals surface area contributed by atoms with Gasteiger partial charge in [-0.05, 0) is 19.3 Å². The normalized spacial score (nSPS) is 17.4. The van der Waals surface area contributed by atoms with E-state index in [4.69, 9.17) is 0 Å². The summed E-state index contributed by atoms with van der Waals surface area (Å²) in [5.41, 5.74) is 0. The van der Waals surface area contributed by atoms with Crippen molar-refractivity contribution in [1.29, 1.82) is 0 Å². The second-order valence-corrected chi connectivity index (χ2v) is 6.88. The molecule has 0 aliphatic heterocycles. The van der Waals surface area contributed by atoms with Crippen LogP contribution >= 0.6 is 0 Å². The summed E-state index contributed by atoms with van der Waals surface area (Å²) in [7, 11) is 1.81. The Hall–Kier alpha value is -1.92. The monoisotopic (exact) mass is 349 g/mol. The molecule has 1 atom stereocenters. The highest BCUT2D eigenvalue weighted by Gasteiger charge is 2.19. The maximum absolute atomic E-state index is 12.2. The van der Waals surface area contributed by atoms with Gasteiger partial charge in [-0.2, -0.15) is 5.10 Å². The SMILES string of the molecule is CC[C@H](NC(=O)CCC(=O)NC1CCCCCCC1)c1ncnn1C. The predicted molar refractivity (Wildman–Crippen MR) is 95.7 cm³/mol. The van der Waals surface area contributed by atoms with Crippen LogP contribution < -0.4 is 10.6 Å². The zero-order valence-corrected chi connectivity index (χ0v) is 15.5. The molecule has 0 aromatic carbocycles. The Morgan fingerprint density at radius 1 is 1.16 bits per heavy atom. The lowest BCUT2D eigenvalue weighted by Gasteiger charge is -2.21. The Kier molecular flexibility index (Phi) is 7.88. The first-order valence-electron chi connectivity index (χ1n) is 9.52. The van der Waals surface area contributed by atoms with Gasteiger partial charge < -0.3 is 10.6 Å². The third-order valence-electron chi connectivity index (χ3n) is 4.85. The van der Waals surface area contributed by atoms with Crippen LogP contribution in [0.1, 0.15) is 83.0 Å². The number of carbonyl (C=O) groups is 2. The van der Waals surface area contributed by atoms with Gasteiger partial charge in [0.15, 0.2) is 0 Å². The van der Waals surface area contributed by atoms with Crippen molar-refractivity contribution in [3.63, 3.8) is 0 Å². The van der Waals surface area contributed by atoms with Gasteiger partial charge in [-0.15, -0.1) is 0 Å². The van der Waals surface area contributed by atoms with Gasteiger partial charge in [0.2, 0.25) is 11.8 Å². The number of aryl methyl sites for hydroxylation is 1. The smallest absolute Gasteiger partial charge is 0.221 e. The molecule has 1 aliphatic rings. The molecule has 0 unspecified atom stereocenters. The van der Waals surface area contributed by atoms with Crippen molar-refractivity contribution in [2.75, 3.05) is 0 Å². The fraction of sp³-hybridized carbons (Fsp3) is 0.778. The minimum atomic E-state index is -0.173. The maximum atomic E-state index is 12.2. The van der Waals surface area contributed by atoms with Crippen molar-refractivity contribution in [2.45, 2.75) is 83.2 Å². The number of amides is 2. The molecule has 1 aliphatic carbocycles. The molecule has 0 spiro atoms. The number of hydrogen-bond donors (Lipinski definition) is 2. The summed E-state index contributed by atoms with van der Waals surface area (Å²) in [6, 6.07) is 0.103. The van der Waals surface area contributed by atoms with E-state index in [-0.39, 0.29) is 36.7 Å². The van der Waals surface area contributed by atoms with Crippen LogP contribution in [0.5, 0.6) is 0 Å². The molecule has 2 rings (SSSR count). The summed E-state index contributed by atoms with van der Waals surface area (Å²) < 4.78 is 1.66. The van der Waals surface area contributed by atoms with E-state index in [9.17, 15) is 9.59 Å². The highest BCUT2D eigenvalue weighted by Crippen LogP contribution is 2.17. The lowest BCUT2D eigenvalue weighted by atomic mass is 9.96. The fourth-order valence-corrected chi connectivity index (χ4v) is 3.36. The van der Waals surface area contributed by atoms with Crippen molar-refractivity contribution in [3.8, 4) is 0 Å². The van der Waals surface area contributed by atoms with Crippen LogP contribution in [0.4, 0.5) is 0 Å². The molecule has 1 heterocycles. The van der Waals surface area contributed by atoms with Crippen molar-refractivity contribution < 1.29 is 9.59 Å². The highest BCUT2D eigenvalue weighted by atomic mass is 16.2. The van der Waals surface area contributed by atoms with E-state index < -0.39 is 0 Å². The molecule has 7 nitrogen and oxygen atoms in total. The number of nitrogens with zero attached hydrogens (tertiary/aromatic N) is 3. The lowest BCUT2D eigenvalue weighted by Crippen LogP contribution is -2.36. The third kappa shape index (κ3) is 6.48. The van der Waals surface area contributed by atoms with Crippen LogP contribution in [0.3, 0.4) is 0 Å². The van der Waals surface area contributed by atoms with E-state index >= 15 is 0 Å². The van der Waals surface area contributed by atoms with Gasteiger partial charge in [0, 0.05) is 25.9 Å². The van der Waals surface area contributed by atoms with Gasteiger partial charge >= 0.3 is 0 Å². The van der Waals surface area contributed by atoms with E-state index in [2.05, 4.69) is 20.7 Å². The summed E-state index contributed by atoms with van der Waals surface area (Å²) >= 11 is 0. The molecule has 0 saturated heterocycles. The zero-order valence-electron chi connectivity index (χ0n) is 15.5. The summed E-state index contributed by atoms with van der Waals surface area (Å²) in [6.07, 6.45) is 11.0. The van der Waals surface area contributed by atoms with Gasteiger partial charge in [0.1, 0.15) is 12.2 Å². The lowest BCUT2D eigenvalue weighted by molar-refractivity contribution is -0.127. The molecule has 1 aromatic rings. The van der Waals surface area contributed by atoms with E-state index in [0.717, 1.165) is 25.1 Å². The Balaban J connectivity index is 1.73. The van der Waals surface area contributed by atoms with Crippen molar-refractivity contribution in [3.05, 3.63) is 12.2 Å². The van der Waals surface area contributed by atoms with Gasteiger partial charge in [-0.25, -0.2) is 4.98 Å². The van der Waals surface area contributed by atoms with Crippen molar-refractivity contribution in [2.24, 2.45) is 7.05 Å². The van der Waals surface area contributed by atoms with Gasteiger partial charge in [-0.1, -0.05) is 39.0 Å². The largest absolute Gasteiger partial charge is 0.353 e. The molecule has 0 bridgehead atoms. The average molecular weight is 349 g/mol. The Morgan fingerprint density at radius 3 is 2.40 bits per heavy atom. The van der Waals surface area contributed by atoms with Crippen LogP contribution in [-0.2, 0) is 16.6 Å². The molecule has 0 radical (unpaired) electrons. The number of carbonyl (C=O) groups excluding carboxylic acids is 2. The van der Waals surface area contributed by atoms with Crippen LogP contribution in [0.15, 0.2) is 6.33 Å². The van der Waals surface area contributed by atoms with Crippen LogP contribution in [0, 0.1) is 0 Å². The summed E-state index contributed by atoms with van der Waals surface area (Å²) in [5.74, 6) is 0.588. The predicted octanol–water partition coefficient (Wildman–Crippen LogP) is 2.39. The molecule has 7 heteroatoms. The third-order valence-corrected chi connectivity index (χ3v) is 4.85.